The van der Waals surface area contributed by atoms with Gasteiger partial charge in [-0.15, -0.1) is 0 Å². The van der Waals surface area contributed by atoms with Crippen LogP contribution < -0.4 is 16.2 Å². The summed E-state index contributed by atoms with van der Waals surface area (Å²) >= 11 is 0. The van der Waals surface area contributed by atoms with Crippen LogP contribution in [0.15, 0.2) is 35.3 Å². The molecule has 1 amide bonds. The lowest BCUT2D eigenvalue weighted by Crippen LogP contribution is -2.34. The van der Waals surface area contributed by atoms with E-state index >= 15 is 0 Å². The maximum atomic E-state index is 13.5. The molecule has 0 aliphatic carbocycles. The number of hydrogen-bond donors (Lipinski definition) is 2. The van der Waals surface area contributed by atoms with E-state index in [2.05, 4.69) is 15.5 Å². The van der Waals surface area contributed by atoms with Crippen LogP contribution in [0.2, 0.25) is 0 Å². The number of hydrogen-bond acceptors (Lipinski definition) is 5. The van der Waals surface area contributed by atoms with Gasteiger partial charge < -0.3 is 24.8 Å². The van der Waals surface area contributed by atoms with Crippen molar-refractivity contribution in [1.82, 2.24) is 14.8 Å². The number of likely N-dealkylation sites (N-methyl/N-ethyl adjacent to an activating group) is 1. The number of aromatic nitrogens is 1. The zero-order chi connectivity index (χ0) is 26.0. The standard InChI is InChI=1S/C26H33F3N4O3/c1-16-20(5-4-6-22(16)26(27,28)29)17(2)30-25(35)21-15-33(19-8-11-36-12-9-19)24(34)13-23(21)31-18-7-10-32(3)14-18/h4-6,13,15,17-19,31H,7-12,14H2,1-3H3,(H,30,35)/t17-,18-/m1/s1. The Labute approximate surface area is 208 Å². The third-order valence-electron chi connectivity index (χ3n) is 7.16. The maximum Gasteiger partial charge on any atom is 0.416 e. The summed E-state index contributed by atoms with van der Waals surface area (Å²) < 4.78 is 47.2. The van der Waals surface area contributed by atoms with Gasteiger partial charge in [0.1, 0.15) is 0 Å². The van der Waals surface area contributed by atoms with Crippen LogP contribution in [0, 0.1) is 6.92 Å². The number of pyridine rings is 1. The molecule has 7 nitrogen and oxygen atoms in total. The highest BCUT2D eigenvalue weighted by Crippen LogP contribution is 2.34. The molecular weight excluding hydrogens is 473 g/mol. The Morgan fingerprint density at radius 1 is 1.19 bits per heavy atom. The van der Waals surface area contributed by atoms with Gasteiger partial charge in [0, 0.05) is 44.1 Å². The first-order valence-corrected chi connectivity index (χ1v) is 12.3. The van der Waals surface area contributed by atoms with E-state index in [9.17, 15) is 22.8 Å². The minimum atomic E-state index is -4.48. The number of halogens is 3. The molecule has 3 heterocycles. The molecule has 0 spiro atoms. The minimum Gasteiger partial charge on any atom is -0.381 e. The number of nitrogens with zero attached hydrogens (tertiary/aromatic N) is 2. The van der Waals surface area contributed by atoms with Gasteiger partial charge in [0.15, 0.2) is 0 Å². The second kappa shape index (κ2) is 10.6. The molecule has 2 N–H and O–H groups in total. The fourth-order valence-electron chi connectivity index (χ4n) is 5.15. The van der Waals surface area contributed by atoms with Crippen molar-refractivity contribution < 1.29 is 22.7 Å². The van der Waals surface area contributed by atoms with Gasteiger partial charge in [-0.1, -0.05) is 12.1 Å². The van der Waals surface area contributed by atoms with E-state index in [-0.39, 0.29) is 23.2 Å². The van der Waals surface area contributed by atoms with E-state index < -0.39 is 23.7 Å². The van der Waals surface area contributed by atoms with Gasteiger partial charge >= 0.3 is 6.18 Å². The van der Waals surface area contributed by atoms with E-state index in [1.807, 2.05) is 7.05 Å². The summed E-state index contributed by atoms with van der Waals surface area (Å²) in [5.74, 6) is -0.450. The predicted octanol–water partition coefficient (Wildman–Crippen LogP) is 4.13. The molecule has 2 atom stereocenters. The molecule has 0 bridgehead atoms. The Kier molecular flexibility index (Phi) is 7.75. The Morgan fingerprint density at radius 2 is 1.92 bits per heavy atom. The molecule has 2 saturated heterocycles. The van der Waals surface area contributed by atoms with Crippen molar-refractivity contribution in [2.24, 2.45) is 0 Å². The van der Waals surface area contributed by atoms with Gasteiger partial charge in [-0.3, -0.25) is 9.59 Å². The molecule has 1 aromatic carbocycles. The first-order chi connectivity index (χ1) is 17.0. The number of rotatable bonds is 6. The number of carbonyl (C=O) groups excluding carboxylic acids is 1. The molecule has 0 unspecified atom stereocenters. The lowest BCUT2D eigenvalue weighted by atomic mass is 9.97. The summed E-state index contributed by atoms with van der Waals surface area (Å²) in [6.07, 6.45) is -0.683. The Morgan fingerprint density at radius 3 is 2.56 bits per heavy atom. The Balaban J connectivity index is 1.65. The van der Waals surface area contributed by atoms with Crippen molar-refractivity contribution in [2.75, 3.05) is 38.7 Å². The lowest BCUT2D eigenvalue weighted by molar-refractivity contribution is -0.138. The molecule has 2 fully saturated rings. The number of anilines is 1. The van der Waals surface area contributed by atoms with Crippen LogP contribution in [0.25, 0.3) is 0 Å². The molecule has 1 aromatic heterocycles. The molecule has 2 aliphatic heterocycles. The number of amides is 1. The molecule has 0 radical (unpaired) electrons. The first kappa shape index (κ1) is 26.2. The number of benzene rings is 1. The van der Waals surface area contributed by atoms with E-state index in [4.69, 9.17) is 4.74 Å². The van der Waals surface area contributed by atoms with Crippen LogP contribution in [0.3, 0.4) is 0 Å². The van der Waals surface area contributed by atoms with E-state index in [0.717, 1.165) is 25.6 Å². The molecule has 2 aromatic rings. The fraction of sp³-hybridized carbons (Fsp3) is 0.538. The van der Waals surface area contributed by atoms with Crippen molar-refractivity contribution in [1.29, 1.82) is 0 Å². The largest absolute Gasteiger partial charge is 0.416 e. The number of ether oxygens (including phenoxy) is 1. The van der Waals surface area contributed by atoms with Gasteiger partial charge in [0.2, 0.25) is 0 Å². The first-order valence-electron chi connectivity index (χ1n) is 12.3. The average Bonchev–Trinajstić information content (AvgIpc) is 3.23. The zero-order valence-corrected chi connectivity index (χ0v) is 20.8. The third-order valence-corrected chi connectivity index (χ3v) is 7.16. The summed E-state index contributed by atoms with van der Waals surface area (Å²) in [5, 5.41) is 6.21. The second-order valence-corrected chi connectivity index (χ2v) is 9.79. The molecule has 0 saturated carbocycles. The van der Waals surface area contributed by atoms with Gasteiger partial charge in [0.25, 0.3) is 11.5 Å². The van der Waals surface area contributed by atoms with Crippen molar-refractivity contribution in [3.8, 4) is 0 Å². The summed E-state index contributed by atoms with van der Waals surface area (Å²) in [4.78, 5) is 28.7. The topological polar surface area (TPSA) is 75.6 Å². The van der Waals surface area contributed by atoms with Gasteiger partial charge in [-0.25, -0.2) is 0 Å². The van der Waals surface area contributed by atoms with Crippen LogP contribution in [-0.4, -0.2) is 54.8 Å². The minimum absolute atomic E-state index is 0.0763. The quantitative estimate of drug-likeness (QED) is 0.616. The summed E-state index contributed by atoms with van der Waals surface area (Å²) in [6, 6.07) is 4.78. The SMILES string of the molecule is Cc1c([C@@H](C)NC(=O)c2cn(C3CCOCC3)c(=O)cc2N[C@@H]2CCN(C)C2)cccc1C(F)(F)F. The molecule has 196 valence electrons. The average molecular weight is 507 g/mol. The number of nitrogens with one attached hydrogen (secondary N) is 2. The number of alkyl halides is 3. The number of likely N-dealkylation sites (tertiary alicyclic amines) is 1. The van der Waals surface area contributed by atoms with E-state index in [1.165, 1.54) is 19.1 Å². The zero-order valence-electron chi connectivity index (χ0n) is 20.8. The molecule has 4 rings (SSSR count). The third kappa shape index (κ3) is 5.75. The van der Waals surface area contributed by atoms with Crippen molar-refractivity contribution in [3.05, 3.63) is 63.1 Å². The summed E-state index contributed by atoms with van der Waals surface area (Å²) in [7, 11) is 2.01. The highest BCUT2D eigenvalue weighted by atomic mass is 19.4. The van der Waals surface area contributed by atoms with Crippen LogP contribution >= 0.6 is 0 Å². The highest BCUT2D eigenvalue weighted by molar-refractivity contribution is 5.99. The molecule has 2 aliphatic rings. The molecule has 10 heteroatoms. The monoisotopic (exact) mass is 506 g/mol. The van der Waals surface area contributed by atoms with Crippen LogP contribution in [0.1, 0.15) is 65.3 Å². The predicted molar refractivity (Wildman–Crippen MR) is 131 cm³/mol. The smallest absolute Gasteiger partial charge is 0.381 e. The fourth-order valence-corrected chi connectivity index (χ4v) is 5.15. The van der Waals surface area contributed by atoms with E-state index in [1.54, 1.807) is 23.8 Å². The van der Waals surface area contributed by atoms with Gasteiger partial charge in [0.05, 0.1) is 22.9 Å². The van der Waals surface area contributed by atoms with Crippen molar-refractivity contribution >= 4 is 11.6 Å². The van der Waals surface area contributed by atoms with Crippen molar-refractivity contribution in [2.45, 2.75) is 57.4 Å². The number of carbonyl (C=O) groups is 1. The maximum absolute atomic E-state index is 13.5. The van der Waals surface area contributed by atoms with Crippen LogP contribution in [-0.2, 0) is 10.9 Å². The Hall–Kier alpha value is -2.85. The van der Waals surface area contributed by atoms with Crippen LogP contribution in [0.4, 0.5) is 18.9 Å². The second-order valence-electron chi connectivity index (χ2n) is 9.79. The van der Waals surface area contributed by atoms with Crippen LogP contribution in [0.5, 0.6) is 0 Å². The summed E-state index contributed by atoms with van der Waals surface area (Å²) in [5.41, 5.74) is 0.289. The highest BCUT2D eigenvalue weighted by Gasteiger charge is 2.33. The molecular formula is C26H33F3N4O3. The van der Waals surface area contributed by atoms with Gasteiger partial charge in [-0.05, 0) is 63.9 Å². The van der Waals surface area contributed by atoms with Gasteiger partial charge in [-0.2, -0.15) is 13.2 Å². The van der Waals surface area contributed by atoms with Crippen molar-refractivity contribution in [3.63, 3.8) is 0 Å². The molecule has 36 heavy (non-hydrogen) atoms. The lowest BCUT2D eigenvalue weighted by Gasteiger charge is -2.26. The normalized spacial score (nSPS) is 20.3. The Bertz CT molecular complexity index is 1160. The summed E-state index contributed by atoms with van der Waals surface area (Å²) in [6.45, 7) is 5.84. The van der Waals surface area contributed by atoms with E-state index in [0.29, 0.717) is 42.9 Å².